The van der Waals surface area contributed by atoms with Gasteiger partial charge in [-0.2, -0.15) is 8.42 Å². The van der Waals surface area contributed by atoms with Crippen LogP contribution in [0.15, 0.2) is 47.5 Å². The Morgan fingerprint density at radius 2 is 1.95 bits per heavy atom. The van der Waals surface area contributed by atoms with E-state index >= 15 is 0 Å². The number of carbonyl (C=O) groups is 1. The van der Waals surface area contributed by atoms with Crippen molar-refractivity contribution >= 4 is 27.6 Å². The van der Waals surface area contributed by atoms with Gasteiger partial charge in [0, 0.05) is 29.4 Å². The number of aromatic nitrogens is 3. The molecule has 1 aliphatic heterocycles. The summed E-state index contributed by atoms with van der Waals surface area (Å²) in [6.07, 6.45) is 0.897. The van der Waals surface area contributed by atoms with Gasteiger partial charge in [-0.1, -0.05) is 13.0 Å². The first-order valence-electron chi connectivity index (χ1n) is 12.1. The van der Waals surface area contributed by atoms with Crippen LogP contribution >= 0.6 is 0 Å². The average molecular weight is 525 g/mol. The molecule has 4 rings (SSSR count). The van der Waals surface area contributed by atoms with Gasteiger partial charge in [0.1, 0.15) is 11.6 Å². The highest BCUT2D eigenvalue weighted by Crippen LogP contribution is 2.38. The van der Waals surface area contributed by atoms with Crippen LogP contribution in [0.25, 0.3) is 11.3 Å². The fraction of sp³-hybridized carbons (Fsp3) is 0.385. The zero-order valence-corrected chi connectivity index (χ0v) is 22.5. The molecule has 3 aromatic heterocycles. The van der Waals surface area contributed by atoms with Crippen molar-refractivity contribution in [3.05, 3.63) is 53.7 Å². The number of hydrogen-bond donors (Lipinski definition) is 2. The average Bonchev–Trinajstić information content (AvgIpc) is 3.09. The quantitative estimate of drug-likeness (QED) is 0.474. The monoisotopic (exact) mass is 524 g/mol. The van der Waals surface area contributed by atoms with Gasteiger partial charge in [-0.15, -0.1) is 0 Å². The number of amides is 1. The van der Waals surface area contributed by atoms with Crippen LogP contribution in [0.1, 0.15) is 50.2 Å². The number of hydrogen-bond acceptors (Lipinski definition) is 9. The number of nitrogens with two attached hydrogens (primary N) is 1. The van der Waals surface area contributed by atoms with Crippen LogP contribution in [0.4, 0.5) is 11.6 Å². The molecule has 37 heavy (non-hydrogen) atoms. The van der Waals surface area contributed by atoms with Crippen molar-refractivity contribution in [1.29, 1.82) is 0 Å². The molecule has 0 aromatic carbocycles. The van der Waals surface area contributed by atoms with Gasteiger partial charge in [-0.05, 0) is 70.4 Å². The molecule has 0 radical (unpaired) electrons. The maximum absolute atomic E-state index is 13.4. The first-order valence-corrected chi connectivity index (χ1v) is 13.6. The number of nitrogens with zero attached hydrogens (tertiary/aromatic N) is 4. The highest BCUT2D eigenvalue weighted by Gasteiger charge is 2.39. The molecule has 0 spiro atoms. The minimum absolute atomic E-state index is 0.0360. The van der Waals surface area contributed by atoms with Gasteiger partial charge in [0.2, 0.25) is 5.88 Å². The van der Waals surface area contributed by atoms with Crippen LogP contribution in [0.3, 0.4) is 0 Å². The minimum Gasteiger partial charge on any atom is -0.478 e. The van der Waals surface area contributed by atoms with Crippen molar-refractivity contribution in [2.75, 3.05) is 23.8 Å². The number of anilines is 2. The molecular formula is C26H32N6O4S. The molecule has 11 heteroatoms. The molecule has 4 heterocycles. The number of aryl methyl sites for hydroxylation is 1. The first kappa shape index (κ1) is 26.3. The Morgan fingerprint density at radius 3 is 2.59 bits per heavy atom. The Balaban J connectivity index is 1.79. The van der Waals surface area contributed by atoms with Gasteiger partial charge in [-0.25, -0.2) is 19.7 Å². The van der Waals surface area contributed by atoms with Crippen LogP contribution in [0, 0.1) is 12.8 Å². The third kappa shape index (κ3) is 5.66. The Morgan fingerprint density at radius 1 is 1.19 bits per heavy atom. The van der Waals surface area contributed by atoms with Crippen molar-refractivity contribution in [3.63, 3.8) is 0 Å². The van der Waals surface area contributed by atoms with E-state index in [1.165, 1.54) is 18.2 Å². The molecule has 10 nitrogen and oxygen atoms in total. The second-order valence-corrected chi connectivity index (χ2v) is 11.5. The molecule has 0 bridgehead atoms. The van der Waals surface area contributed by atoms with Crippen LogP contribution in [0.2, 0.25) is 0 Å². The largest absolute Gasteiger partial charge is 0.478 e. The highest BCUT2D eigenvalue weighted by atomic mass is 32.2. The second-order valence-electron chi connectivity index (χ2n) is 9.90. The van der Waals surface area contributed by atoms with Crippen LogP contribution in [-0.4, -0.2) is 48.0 Å². The van der Waals surface area contributed by atoms with E-state index in [1.807, 2.05) is 19.9 Å². The molecule has 1 aliphatic rings. The Hall–Kier alpha value is -3.73. The van der Waals surface area contributed by atoms with Crippen LogP contribution in [-0.2, 0) is 10.0 Å². The molecule has 0 unspecified atom stereocenters. The lowest BCUT2D eigenvalue weighted by atomic mass is 9.97. The lowest BCUT2D eigenvalue weighted by molar-refractivity contribution is 0.0981. The highest BCUT2D eigenvalue weighted by molar-refractivity contribution is 7.90. The number of nitrogens with one attached hydrogen (secondary N) is 1. The van der Waals surface area contributed by atoms with E-state index in [0.717, 1.165) is 17.7 Å². The lowest BCUT2D eigenvalue weighted by Gasteiger charge is -2.34. The lowest BCUT2D eigenvalue weighted by Crippen LogP contribution is -2.41. The van der Waals surface area contributed by atoms with Crippen LogP contribution in [0.5, 0.6) is 5.88 Å². The van der Waals surface area contributed by atoms with E-state index in [-0.39, 0.29) is 21.9 Å². The van der Waals surface area contributed by atoms with E-state index in [1.54, 1.807) is 18.2 Å². The number of ether oxygens (including phenoxy) is 1. The van der Waals surface area contributed by atoms with Gasteiger partial charge in [0.25, 0.3) is 15.9 Å². The summed E-state index contributed by atoms with van der Waals surface area (Å²) < 4.78 is 33.5. The third-order valence-corrected chi connectivity index (χ3v) is 7.45. The van der Waals surface area contributed by atoms with Crippen LogP contribution < -0.4 is 20.1 Å². The van der Waals surface area contributed by atoms with E-state index in [4.69, 9.17) is 15.5 Å². The van der Waals surface area contributed by atoms with E-state index < -0.39 is 15.9 Å². The molecule has 1 fully saturated rings. The molecule has 1 amide bonds. The second kappa shape index (κ2) is 9.97. The molecular weight excluding hydrogens is 492 g/mol. The molecule has 1 saturated heterocycles. The molecule has 196 valence electrons. The topological polar surface area (TPSA) is 140 Å². The summed E-state index contributed by atoms with van der Waals surface area (Å²) in [5, 5.41) is -0.335. The standard InChI is InChI=1S/C26H32N6O4S/c1-6-36-22-13-18(12-17(3)28-22)20-11-10-19(24(29-20)32-15-16(2)14-26(32,4)5)25(33)31-37(34,35)23-9-7-8-21(27)30-23/h7-13,16H,6,14-15H2,1-5H3,(H2,27,30)(H,31,33)/t16-/m0/s1. The van der Waals surface area contributed by atoms with Gasteiger partial charge in [0.15, 0.2) is 5.03 Å². The molecule has 0 aliphatic carbocycles. The maximum Gasteiger partial charge on any atom is 0.281 e. The molecule has 0 saturated carbocycles. The fourth-order valence-electron chi connectivity index (χ4n) is 4.77. The van der Waals surface area contributed by atoms with Crippen molar-refractivity contribution in [3.8, 4) is 17.1 Å². The van der Waals surface area contributed by atoms with E-state index in [2.05, 4.69) is 40.4 Å². The third-order valence-electron chi connectivity index (χ3n) is 6.21. The van der Waals surface area contributed by atoms with Gasteiger partial charge < -0.3 is 15.4 Å². The number of sulfonamides is 1. The first-order chi connectivity index (χ1) is 17.4. The number of carbonyl (C=O) groups excluding carboxylic acids is 1. The van der Waals surface area contributed by atoms with Gasteiger partial charge >= 0.3 is 0 Å². The number of nitrogen functional groups attached to an aromatic ring is 1. The summed E-state index contributed by atoms with van der Waals surface area (Å²) in [5.74, 6) is 0.499. The summed E-state index contributed by atoms with van der Waals surface area (Å²) in [5.41, 5.74) is 7.66. The summed E-state index contributed by atoms with van der Waals surface area (Å²) in [6, 6.07) is 11.2. The predicted molar refractivity (Wildman–Crippen MR) is 142 cm³/mol. The number of pyridine rings is 3. The summed E-state index contributed by atoms with van der Waals surface area (Å²) in [7, 11) is -4.25. The molecule has 3 aromatic rings. The number of rotatable bonds is 7. The Kier molecular flexibility index (Phi) is 7.09. The Labute approximate surface area is 217 Å². The van der Waals surface area contributed by atoms with Crippen molar-refractivity contribution in [1.82, 2.24) is 19.7 Å². The summed E-state index contributed by atoms with van der Waals surface area (Å²) in [6.45, 7) is 11.2. The van der Waals surface area contributed by atoms with Gasteiger partial charge in [-0.3, -0.25) is 4.79 Å². The van der Waals surface area contributed by atoms with E-state index in [0.29, 0.717) is 36.5 Å². The molecule has 1 atom stereocenters. The van der Waals surface area contributed by atoms with E-state index in [9.17, 15) is 13.2 Å². The normalized spacial score (nSPS) is 17.0. The minimum atomic E-state index is -4.25. The summed E-state index contributed by atoms with van der Waals surface area (Å²) in [4.78, 5) is 28.6. The predicted octanol–water partition coefficient (Wildman–Crippen LogP) is 3.57. The smallest absolute Gasteiger partial charge is 0.281 e. The van der Waals surface area contributed by atoms with Crippen molar-refractivity contribution in [2.45, 2.75) is 51.6 Å². The SMILES string of the molecule is CCOc1cc(-c2ccc(C(=O)NS(=O)(=O)c3cccc(N)n3)c(N3C[C@@H](C)CC3(C)C)n2)cc(C)n1. The summed E-state index contributed by atoms with van der Waals surface area (Å²) >= 11 is 0. The maximum atomic E-state index is 13.4. The zero-order chi connectivity index (χ0) is 27.0. The molecule has 3 N–H and O–H groups in total. The van der Waals surface area contributed by atoms with Crippen molar-refractivity contribution in [2.24, 2.45) is 5.92 Å². The van der Waals surface area contributed by atoms with Gasteiger partial charge in [0.05, 0.1) is 17.9 Å². The zero-order valence-electron chi connectivity index (χ0n) is 21.6. The fourth-order valence-corrected chi connectivity index (χ4v) is 5.71. The van der Waals surface area contributed by atoms with Crippen molar-refractivity contribution < 1.29 is 17.9 Å². The Bertz CT molecular complexity index is 1440.